The number of amides is 1. The molecule has 2 aromatic carbocycles. The Morgan fingerprint density at radius 2 is 1.77 bits per heavy atom. The molecule has 0 unspecified atom stereocenters. The number of nitrogens with zero attached hydrogens (tertiary/aromatic N) is 2. The van der Waals surface area contributed by atoms with Gasteiger partial charge in [-0.15, -0.1) is 0 Å². The van der Waals surface area contributed by atoms with E-state index >= 15 is 0 Å². The Morgan fingerprint density at radius 1 is 1.08 bits per heavy atom. The third-order valence-electron chi connectivity index (χ3n) is 3.49. The summed E-state index contributed by atoms with van der Waals surface area (Å²) in [6.45, 7) is 3.16. The van der Waals surface area contributed by atoms with Gasteiger partial charge in [0.1, 0.15) is 5.75 Å². The molecule has 7 nitrogen and oxygen atoms in total. The van der Waals surface area contributed by atoms with Gasteiger partial charge in [-0.3, -0.25) is 9.59 Å². The summed E-state index contributed by atoms with van der Waals surface area (Å²) in [5.74, 6) is 0.894. The number of rotatable bonds is 5. The quantitative estimate of drug-likeness (QED) is 0.560. The Kier molecular flexibility index (Phi) is 5.07. The fraction of sp³-hybridized carbons (Fsp3) is 0.158. The number of carbonyl (C=O) groups excluding carboxylic acids is 2. The summed E-state index contributed by atoms with van der Waals surface area (Å²) in [5, 5.41) is 6.51. The number of nitrogens with one attached hydrogen (secondary N) is 1. The van der Waals surface area contributed by atoms with Gasteiger partial charge in [-0.2, -0.15) is 4.98 Å². The van der Waals surface area contributed by atoms with Crippen molar-refractivity contribution < 1.29 is 18.8 Å². The summed E-state index contributed by atoms with van der Waals surface area (Å²) < 4.78 is 10.3. The molecule has 7 heteroatoms. The second kappa shape index (κ2) is 7.60. The maximum absolute atomic E-state index is 12.1. The molecule has 0 bridgehead atoms. The van der Waals surface area contributed by atoms with Crippen molar-refractivity contribution in [2.45, 2.75) is 20.3 Å². The molecule has 0 saturated carbocycles. The third-order valence-corrected chi connectivity index (χ3v) is 3.49. The van der Waals surface area contributed by atoms with E-state index in [2.05, 4.69) is 15.5 Å². The minimum atomic E-state index is -0.375. The van der Waals surface area contributed by atoms with Gasteiger partial charge in [0.05, 0.1) is 6.42 Å². The number of esters is 1. The smallest absolute Gasteiger partial charge is 0.315 e. The largest absolute Gasteiger partial charge is 0.426 e. The summed E-state index contributed by atoms with van der Waals surface area (Å²) in [7, 11) is 0. The molecule has 3 rings (SSSR count). The fourth-order valence-corrected chi connectivity index (χ4v) is 2.33. The van der Waals surface area contributed by atoms with E-state index in [4.69, 9.17) is 9.26 Å². The third kappa shape index (κ3) is 4.54. The summed E-state index contributed by atoms with van der Waals surface area (Å²) in [6.07, 6.45) is 0.131. The van der Waals surface area contributed by atoms with Crippen LogP contribution in [0.5, 0.6) is 5.75 Å². The van der Waals surface area contributed by atoms with Crippen LogP contribution in [0.2, 0.25) is 0 Å². The lowest BCUT2D eigenvalue weighted by molar-refractivity contribution is -0.133. The minimum Gasteiger partial charge on any atom is -0.426 e. The van der Waals surface area contributed by atoms with Crippen molar-refractivity contribution in [3.05, 3.63) is 60.0 Å². The minimum absolute atomic E-state index is 0.131. The standard InChI is InChI=1S/C19H17N3O4/c1-12(23)20-16-7-3-14(4-8-16)11-18(24)25-17-9-5-15(6-10-17)19-21-13(2)26-22-19/h3-10H,11H2,1-2H3,(H,20,23). The Balaban J connectivity index is 1.58. The zero-order valence-electron chi connectivity index (χ0n) is 14.4. The number of aryl methyl sites for hydroxylation is 1. The second-order valence-corrected chi connectivity index (χ2v) is 5.69. The molecular formula is C19H17N3O4. The number of aromatic nitrogens is 2. The zero-order chi connectivity index (χ0) is 18.5. The highest BCUT2D eigenvalue weighted by Gasteiger charge is 2.09. The molecule has 0 aliphatic rings. The van der Waals surface area contributed by atoms with Crippen LogP contribution in [0.15, 0.2) is 53.1 Å². The van der Waals surface area contributed by atoms with Crippen LogP contribution in [0.1, 0.15) is 18.4 Å². The monoisotopic (exact) mass is 351 g/mol. The highest BCUT2D eigenvalue weighted by atomic mass is 16.5. The van der Waals surface area contributed by atoms with Crippen LogP contribution in [0.3, 0.4) is 0 Å². The zero-order valence-corrected chi connectivity index (χ0v) is 14.4. The molecule has 132 valence electrons. The molecular weight excluding hydrogens is 334 g/mol. The molecule has 1 amide bonds. The van der Waals surface area contributed by atoms with Crippen LogP contribution < -0.4 is 10.1 Å². The van der Waals surface area contributed by atoms with Crippen LogP contribution in [-0.2, 0) is 16.0 Å². The molecule has 3 aromatic rings. The van der Waals surface area contributed by atoms with E-state index in [1.807, 2.05) is 0 Å². The van der Waals surface area contributed by atoms with Crippen molar-refractivity contribution in [3.63, 3.8) is 0 Å². The summed E-state index contributed by atoms with van der Waals surface area (Å²) in [4.78, 5) is 27.2. The van der Waals surface area contributed by atoms with Gasteiger partial charge in [-0.1, -0.05) is 17.3 Å². The van der Waals surface area contributed by atoms with Crippen molar-refractivity contribution >= 4 is 17.6 Å². The lowest BCUT2D eigenvalue weighted by Crippen LogP contribution is -2.11. The number of hydrogen-bond acceptors (Lipinski definition) is 6. The van der Waals surface area contributed by atoms with E-state index in [1.165, 1.54) is 6.92 Å². The van der Waals surface area contributed by atoms with Gasteiger partial charge < -0.3 is 14.6 Å². The average molecular weight is 351 g/mol. The first-order valence-corrected chi connectivity index (χ1v) is 7.97. The summed E-state index contributed by atoms with van der Waals surface area (Å²) in [5.41, 5.74) is 2.25. The molecule has 1 N–H and O–H groups in total. The molecule has 0 spiro atoms. The summed E-state index contributed by atoms with van der Waals surface area (Å²) in [6, 6.07) is 13.9. The van der Waals surface area contributed by atoms with Crippen molar-refractivity contribution in [1.29, 1.82) is 0 Å². The number of hydrogen-bond donors (Lipinski definition) is 1. The van der Waals surface area contributed by atoms with Crippen LogP contribution in [0, 0.1) is 6.92 Å². The average Bonchev–Trinajstić information content (AvgIpc) is 3.03. The van der Waals surface area contributed by atoms with E-state index in [1.54, 1.807) is 55.5 Å². The molecule has 0 aliphatic carbocycles. The van der Waals surface area contributed by atoms with Crippen LogP contribution in [0.25, 0.3) is 11.4 Å². The van der Waals surface area contributed by atoms with Crippen LogP contribution in [-0.4, -0.2) is 22.0 Å². The molecule has 26 heavy (non-hydrogen) atoms. The maximum atomic E-state index is 12.1. The lowest BCUT2D eigenvalue weighted by Gasteiger charge is -2.06. The number of anilines is 1. The van der Waals surface area contributed by atoms with Gasteiger partial charge >= 0.3 is 5.97 Å². The molecule has 0 fully saturated rings. The first kappa shape index (κ1) is 17.3. The molecule has 0 radical (unpaired) electrons. The van der Waals surface area contributed by atoms with E-state index in [9.17, 15) is 9.59 Å². The van der Waals surface area contributed by atoms with Crippen molar-refractivity contribution in [2.75, 3.05) is 5.32 Å². The van der Waals surface area contributed by atoms with E-state index in [0.717, 1.165) is 11.1 Å². The second-order valence-electron chi connectivity index (χ2n) is 5.69. The fourth-order valence-electron chi connectivity index (χ4n) is 2.33. The number of benzene rings is 2. The van der Waals surface area contributed by atoms with Crippen molar-refractivity contribution in [1.82, 2.24) is 10.1 Å². The lowest BCUT2D eigenvalue weighted by atomic mass is 10.1. The molecule has 1 aromatic heterocycles. The van der Waals surface area contributed by atoms with Crippen LogP contribution >= 0.6 is 0 Å². The Bertz CT molecular complexity index is 915. The van der Waals surface area contributed by atoms with Gasteiger partial charge in [-0.05, 0) is 42.0 Å². The Morgan fingerprint density at radius 3 is 2.35 bits per heavy atom. The highest BCUT2D eigenvalue weighted by molar-refractivity contribution is 5.88. The van der Waals surface area contributed by atoms with Gasteiger partial charge in [0.2, 0.25) is 17.6 Å². The van der Waals surface area contributed by atoms with Crippen LogP contribution in [0.4, 0.5) is 5.69 Å². The van der Waals surface area contributed by atoms with Crippen molar-refractivity contribution in [3.8, 4) is 17.1 Å². The Labute approximate surface area is 150 Å². The predicted octanol–water partition coefficient (Wildman–Crippen LogP) is 3.15. The predicted molar refractivity (Wildman–Crippen MR) is 94.6 cm³/mol. The first-order valence-electron chi connectivity index (χ1n) is 7.97. The van der Waals surface area contributed by atoms with Gasteiger partial charge in [0, 0.05) is 25.1 Å². The van der Waals surface area contributed by atoms with E-state index < -0.39 is 0 Å². The molecule has 0 aliphatic heterocycles. The normalized spacial score (nSPS) is 10.4. The van der Waals surface area contributed by atoms with E-state index in [0.29, 0.717) is 23.2 Å². The molecule has 0 saturated heterocycles. The summed E-state index contributed by atoms with van der Waals surface area (Å²) >= 11 is 0. The van der Waals surface area contributed by atoms with Gasteiger partial charge in [-0.25, -0.2) is 0 Å². The van der Waals surface area contributed by atoms with Crippen molar-refractivity contribution in [2.24, 2.45) is 0 Å². The van der Waals surface area contributed by atoms with Gasteiger partial charge in [0.25, 0.3) is 0 Å². The topological polar surface area (TPSA) is 94.3 Å². The van der Waals surface area contributed by atoms with E-state index in [-0.39, 0.29) is 18.3 Å². The first-order chi connectivity index (χ1) is 12.5. The Hall–Kier alpha value is -3.48. The SMILES string of the molecule is CC(=O)Nc1ccc(CC(=O)Oc2ccc(-c3noc(C)n3)cc2)cc1. The number of ether oxygens (including phenoxy) is 1. The molecule has 0 atom stereocenters. The highest BCUT2D eigenvalue weighted by Crippen LogP contribution is 2.20. The number of carbonyl (C=O) groups is 2. The van der Waals surface area contributed by atoms with Gasteiger partial charge in [0.15, 0.2) is 0 Å². The molecule has 1 heterocycles. The maximum Gasteiger partial charge on any atom is 0.315 e.